The third kappa shape index (κ3) is 2.22. The highest BCUT2D eigenvalue weighted by Gasteiger charge is 2.56. The Balaban J connectivity index is 1.47. The molecule has 0 radical (unpaired) electrons. The van der Waals surface area contributed by atoms with Gasteiger partial charge in [-0.2, -0.15) is 0 Å². The van der Waals surface area contributed by atoms with Gasteiger partial charge in [-0.3, -0.25) is 4.79 Å². The summed E-state index contributed by atoms with van der Waals surface area (Å²) in [5.41, 5.74) is -0.00507. The molecule has 4 heteroatoms. The summed E-state index contributed by atoms with van der Waals surface area (Å²) in [6.45, 7) is 1.56. The molecule has 5 aliphatic rings. The molecule has 0 aromatic heterocycles. The Morgan fingerprint density at radius 2 is 1.36 bits per heavy atom. The van der Waals surface area contributed by atoms with Gasteiger partial charge in [-0.05, 0) is 56.3 Å². The fourth-order valence-electron chi connectivity index (χ4n) is 6.25. The summed E-state index contributed by atoms with van der Waals surface area (Å²) in [5.74, 6) is 2.47. The first-order chi connectivity index (χ1) is 10.6. The molecule has 0 N–H and O–H groups in total. The zero-order chi connectivity index (χ0) is 15.4. The van der Waals surface area contributed by atoms with Crippen LogP contribution in [0, 0.1) is 23.2 Å². The van der Waals surface area contributed by atoms with Gasteiger partial charge in [0.25, 0.3) is 0 Å². The van der Waals surface area contributed by atoms with Crippen LogP contribution >= 0.6 is 0 Å². The van der Waals surface area contributed by atoms with Crippen LogP contribution < -0.4 is 0 Å². The van der Waals surface area contributed by atoms with Crippen molar-refractivity contribution in [2.45, 2.75) is 57.2 Å². The largest absolute Gasteiger partial charge is 0.353 e. The minimum atomic E-state index is -0.474. The Bertz CT molecular complexity index is 412. The van der Waals surface area contributed by atoms with Gasteiger partial charge in [0.05, 0.1) is 5.41 Å². The normalized spacial score (nSPS) is 42.6. The Morgan fingerprint density at radius 1 is 0.909 bits per heavy atom. The second-order valence-electron chi connectivity index (χ2n) is 8.31. The summed E-state index contributed by atoms with van der Waals surface area (Å²) < 4.78 is 11.1. The molecule has 124 valence electrons. The molecule has 0 unspecified atom stereocenters. The third-order valence-electron chi connectivity index (χ3n) is 7.05. The Hall–Kier alpha value is -0.610. The van der Waals surface area contributed by atoms with E-state index in [-0.39, 0.29) is 5.41 Å². The van der Waals surface area contributed by atoms with Crippen molar-refractivity contribution in [2.75, 3.05) is 27.3 Å². The van der Waals surface area contributed by atoms with Crippen molar-refractivity contribution in [1.82, 2.24) is 4.90 Å². The number of nitrogens with zero attached hydrogens (tertiary/aromatic N) is 1. The summed E-state index contributed by atoms with van der Waals surface area (Å²) in [5, 5.41) is 0. The average molecular weight is 307 g/mol. The Labute approximate surface area is 133 Å². The number of piperidine rings is 1. The molecule has 4 aliphatic carbocycles. The zero-order valence-electron chi connectivity index (χ0n) is 14.0. The third-order valence-corrected chi connectivity index (χ3v) is 7.05. The van der Waals surface area contributed by atoms with Crippen LogP contribution in [0.2, 0.25) is 0 Å². The standard InChI is InChI=1S/C18H29NO3/c1-21-18(22-2)3-5-19(6-4-18)16(20)17-10-13-7-14(11-17)9-15(8-13)12-17/h13-15H,3-12H2,1-2H3. The van der Waals surface area contributed by atoms with Crippen molar-refractivity contribution in [3.8, 4) is 0 Å². The van der Waals surface area contributed by atoms with Gasteiger partial charge in [0.15, 0.2) is 5.79 Å². The van der Waals surface area contributed by atoms with E-state index in [4.69, 9.17) is 9.47 Å². The molecular formula is C18H29NO3. The second kappa shape index (κ2) is 5.20. The van der Waals surface area contributed by atoms with Gasteiger partial charge in [-0.1, -0.05) is 0 Å². The predicted octanol–water partition coefficient (Wildman–Crippen LogP) is 2.81. The molecule has 22 heavy (non-hydrogen) atoms. The molecule has 5 fully saturated rings. The van der Waals surface area contributed by atoms with Crippen molar-refractivity contribution in [2.24, 2.45) is 23.2 Å². The number of amides is 1. The number of carbonyl (C=O) groups is 1. The SMILES string of the molecule is COC1(OC)CCN(C(=O)C23CC4CC(CC(C4)C2)C3)CC1. The van der Waals surface area contributed by atoms with Gasteiger partial charge < -0.3 is 14.4 Å². The van der Waals surface area contributed by atoms with Gasteiger partial charge >= 0.3 is 0 Å². The Morgan fingerprint density at radius 3 is 1.77 bits per heavy atom. The van der Waals surface area contributed by atoms with Crippen LogP contribution in [0.15, 0.2) is 0 Å². The molecule has 4 saturated carbocycles. The van der Waals surface area contributed by atoms with Gasteiger partial charge in [0.1, 0.15) is 0 Å². The van der Waals surface area contributed by atoms with E-state index in [2.05, 4.69) is 4.90 Å². The van der Waals surface area contributed by atoms with Gasteiger partial charge in [0, 0.05) is 40.2 Å². The number of hydrogen-bond donors (Lipinski definition) is 0. The fraction of sp³-hybridized carbons (Fsp3) is 0.944. The van der Waals surface area contributed by atoms with Crippen molar-refractivity contribution in [3.05, 3.63) is 0 Å². The quantitative estimate of drug-likeness (QED) is 0.753. The zero-order valence-corrected chi connectivity index (χ0v) is 14.0. The van der Waals surface area contributed by atoms with Crippen LogP contribution in [-0.4, -0.2) is 43.9 Å². The molecule has 4 nitrogen and oxygen atoms in total. The maximum absolute atomic E-state index is 13.3. The maximum atomic E-state index is 13.3. The van der Waals surface area contributed by atoms with Crippen LogP contribution in [0.5, 0.6) is 0 Å². The highest BCUT2D eigenvalue weighted by Crippen LogP contribution is 2.60. The molecule has 1 amide bonds. The van der Waals surface area contributed by atoms with E-state index in [1.165, 1.54) is 19.3 Å². The van der Waals surface area contributed by atoms with Crippen LogP contribution in [0.1, 0.15) is 51.4 Å². The number of methoxy groups -OCH3 is 2. The average Bonchev–Trinajstić information content (AvgIpc) is 2.53. The van der Waals surface area contributed by atoms with Crippen LogP contribution in [-0.2, 0) is 14.3 Å². The molecule has 0 aromatic rings. The minimum Gasteiger partial charge on any atom is -0.353 e. The summed E-state index contributed by atoms with van der Waals surface area (Å²) in [6, 6.07) is 0. The van der Waals surface area contributed by atoms with Crippen molar-refractivity contribution in [1.29, 1.82) is 0 Å². The molecule has 0 spiro atoms. The topological polar surface area (TPSA) is 38.8 Å². The lowest BCUT2D eigenvalue weighted by molar-refractivity contribution is -0.230. The minimum absolute atomic E-state index is 0.00507. The molecule has 1 saturated heterocycles. The highest BCUT2D eigenvalue weighted by atomic mass is 16.7. The molecule has 1 aliphatic heterocycles. The number of carbonyl (C=O) groups excluding carboxylic acids is 1. The van der Waals surface area contributed by atoms with Crippen LogP contribution in [0.4, 0.5) is 0 Å². The van der Waals surface area contributed by atoms with Crippen LogP contribution in [0.3, 0.4) is 0 Å². The van der Waals surface area contributed by atoms with E-state index in [9.17, 15) is 4.79 Å². The summed E-state index contributed by atoms with van der Waals surface area (Å²) in [4.78, 5) is 15.4. The monoisotopic (exact) mass is 307 g/mol. The molecule has 4 bridgehead atoms. The van der Waals surface area contributed by atoms with E-state index < -0.39 is 5.79 Å². The van der Waals surface area contributed by atoms with E-state index in [0.29, 0.717) is 5.91 Å². The molecule has 5 rings (SSSR count). The highest BCUT2D eigenvalue weighted by molar-refractivity contribution is 5.83. The lowest BCUT2D eigenvalue weighted by Crippen LogP contribution is -2.57. The number of rotatable bonds is 3. The van der Waals surface area contributed by atoms with E-state index in [0.717, 1.165) is 62.9 Å². The van der Waals surface area contributed by atoms with Crippen molar-refractivity contribution < 1.29 is 14.3 Å². The van der Waals surface area contributed by atoms with Gasteiger partial charge in [-0.25, -0.2) is 0 Å². The second-order valence-corrected chi connectivity index (χ2v) is 8.31. The first-order valence-electron chi connectivity index (χ1n) is 8.98. The van der Waals surface area contributed by atoms with Crippen LogP contribution in [0.25, 0.3) is 0 Å². The van der Waals surface area contributed by atoms with E-state index >= 15 is 0 Å². The molecule has 0 atom stereocenters. The predicted molar refractivity (Wildman–Crippen MR) is 83.2 cm³/mol. The summed E-state index contributed by atoms with van der Waals surface area (Å²) >= 11 is 0. The van der Waals surface area contributed by atoms with Gasteiger partial charge in [-0.15, -0.1) is 0 Å². The van der Waals surface area contributed by atoms with Crippen molar-refractivity contribution in [3.63, 3.8) is 0 Å². The van der Waals surface area contributed by atoms with Gasteiger partial charge in [0.2, 0.25) is 5.91 Å². The summed E-state index contributed by atoms with van der Waals surface area (Å²) in [6.07, 6.45) is 9.24. The first-order valence-corrected chi connectivity index (χ1v) is 8.98. The molecule has 1 heterocycles. The summed E-state index contributed by atoms with van der Waals surface area (Å²) in [7, 11) is 3.42. The number of hydrogen-bond acceptors (Lipinski definition) is 3. The Kier molecular flexibility index (Phi) is 3.53. The maximum Gasteiger partial charge on any atom is 0.228 e. The molecular weight excluding hydrogens is 278 g/mol. The van der Waals surface area contributed by atoms with E-state index in [1.54, 1.807) is 14.2 Å². The smallest absolute Gasteiger partial charge is 0.228 e. The number of likely N-dealkylation sites (tertiary alicyclic amines) is 1. The lowest BCUT2D eigenvalue weighted by Gasteiger charge is -2.57. The molecule has 0 aromatic carbocycles. The number of ether oxygens (including phenoxy) is 2. The fourth-order valence-corrected chi connectivity index (χ4v) is 6.25. The van der Waals surface area contributed by atoms with E-state index in [1.807, 2.05) is 0 Å². The first kappa shape index (κ1) is 14.9. The lowest BCUT2D eigenvalue weighted by atomic mass is 9.49. The van der Waals surface area contributed by atoms with Crippen molar-refractivity contribution >= 4 is 5.91 Å².